The van der Waals surface area contributed by atoms with E-state index in [-0.39, 0.29) is 5.76 Å². The summed E-state index contributed by atoms with van der Waals surface area (Å²) < 4.78 is 5.24. The van der Waals surface area contributed by atoms with Crippen LogP contribution in [0.15, 0.2) is 22.7 Å². The molecule has 0 aliphatic rings. The highest BCUT2D eigenvalue weighted by Gasteiger charge is 2.11. The van der Waals surface area contributed by atoms with Gasteiger partial charge in [-0.3, -0.25) is 9.89 Å². The minimum atomic E-state index is -0.572. The number of aromatic amines is 1. The average Bonchev–Trinajstić information content (AvgIpc) is 2.71. The van der Waals surface area contributed by atoms with E-state index in [2.05, 4.69) is 10.2 Å². The molecule has 2 aromatic heterocycles. The molecule has 0 unspecified atom stereocenters. The molecule has 2 heterocycles. The monoisotopic (exact) mass is 191 g/mol. The van der Waals surface area contributed by atoms with Crippen molar-refractivity contribution in [2.75, 3.05) is 0 Å². The van der Waals surface area contributed by atoms with Gasteiger partial charge in [0.15, 0.2) is 5.76 Å². The Balaban J connectivity index is 2.43. The Hall–Kier alpha value is -2.04. The number of aryl methyl sites for hydroxylation is 1. The molecule has 0 aromatic carbocycles. The number of primary amides is 1. The Morgan fingerprint density at radius 2 is 2.36 bits per heavy atom. The number of H-pyrrole nitrogens is 1. The Labute approximate surface area is 79.9 Å². The van der Waals surface area contributed by atoms with Crippen LogP contribution in [-0.4, -0.2) is 16.1 Å². The fraction of sp³-hybridized carbons (Fsp3) is 0.111. The van der Waals surface area contributed by atoms with Gasteiger partial charge in [0.25, 0.3) is 5.91 Å². The summed E-state index contributed by atoms with van der Waals surface area (Å²) in [5.74, 6) is 0.169. The molecule has 0 aliphatic heterocycles. The second-order valence-electron chi connectivity index (χ2n) is 2.91. The minimum absolute atomic E-state index is 0.153. The first-order chi connectivity index (χ1) is 6.68. The van der Waals surface area contributed by atoms with E-state index in [1.165, 1.54) is 0 Å². The Kier molecular flexibility index (Phi) is 1.85. The zero-order chi connectivity index (χ0) is 10.1. The van der Waals surface area contributed by atoms with Crippen LogP contribution in [0.5, 0.6) is 0 Å². The maximum atomic E-state index is 10.8. The van der Waals surface area contributed by atoms with Gasteiger partial charge < -0.3 is 10.2 Å². The fourth-order valence-corrected chi connectivity index (χ4v) is 1.22. The van der Waals surface area contributed by atoms with E-state index in [0.717, 1.165) is 11.3 Å². The van der Waals surface area contributed by atoms with Gasteiger partial charge in [-0.05, 0) is 19.1 Å². The topological polar surface area (TPSA) is 84.9 Å². The van der Waals surface area contributed by atoms with Crippen molar-refractivity contribution in [1.82, 2.24) is 10.2 Å². The lowest BCUT2D eigenvalue weighted by Gasteiger charge is -1.91. The summed E-state index contributed by atoms with van der Waals surface area (Å²) in [4.78, 5) is 10.8. The van der Waals surface area contributed by atoms with Crippen molar-refractivity contribution in [3.8, 4) is 11.3 Å². The van der Waals surface area contributed by atoms with E-state index in [9.17, 15) is 4.79 Å². The van der Waals surface area contributed by atoms with Crippen molar-refractivity contribution in [3.63, 3.8) is 0 Å². The lowest BCUT2D eigenvalue weighted by Crippen LogP contribution is -2.09. The van der Waals surface area contributed by atoms with E-state index in [1.807, 2.05) is 6.92 Å². The standard InChI is InChI=1S/C9H9N3O2/c1-5-6(4-11-12-5)7-2-3-8(14-7)9(10)13/h2-4H,1H3,(H2,10,13)(H,11,12). The molecule has 0 atom stereocenters. The van der Waals surface area contributed by atoms with Gasteiger partial charge in [0.2, 0.25) is 0 Å². The maximum absolute atomic E-state index is 10.8. The zero-order valence-electron chi connectivity index (χ0n) is 7.57. The van der Waals surface area contributed by atoms with Gasteiger partial charge in [0, 0.05) is 6.20 Å². The maximum Gasteiger partial charge on any atom is 0.284 e. The van der Waals surface area contributed by atoms with Crippen LogP contribution in [0.2, 0.25) is 0 Å². The first kappa shape index (κ1) is 8.55. The van der Waals surface area contributed by atoms with Crippen LogP contribution in [0, 0.1) is 6.92 Å². The molecule has 5 heteroatoms. The van der Waals surface area contributed by atoms with Crippen LogP contribution in [0.1, 0.15) is 16.2 Å². The summed E-state index contributed by atoms with van der Waals surface area (Å²) in [6, 6.07) is 3.24. The highest BCUT2D eigenvalue weighted by atomic mass is 16.3. The molecule has 5 nitrogen and oxygen atoms in total. The molecule has 0 aliphatic carbocycles. The van der Waals surface area contributed by atoms with Gasteiger partial charge in [-0.25, -0.2) is 0 Å². The number of carbonyl (C=O) groups excluding carboxylic acids is 1. The number of carbonyl (C=O) groups is 1. The number of nitrogens with two attached hydrogens (primary N) is 1. The molecule has 0 radical (unpaired) electrons. The quantitative estimate of drug-likeness (QED) is 0.744. The molecule has 2 rings (SSSR count). The molecule has 72 valence electrons. The summed E-state index contributed by atoms with van der Waals surface area (Å²) in [7, 11) is 0. The molecule has 1 amide bonds. The van der Waals surface area contributed by atoms with E-state index in [0.29, 0.717) is 5.76 Å². The van der Waals surface area contributed by atoms with Gasteiger partial charge in [-0.15, -0.1) is 0 Å². The second-order valence-corrected chi connectivity index (χ2v) is 2.91. The van der Waals surface area contributed by atoms with Crippen molar-refractivity contribution in [3.05, 3.63) is 29.8 Å². The summed E-state index contributed by atoms with van der Waals surface area (Å²) >= 11 is 0. The molecule has 3 N–H and O–H groups in total. The van der Waals surface area contributed by atoms with Crippen LogP contribution in [0.4, 0.5) is 0 Å². The van der Waals surface area contributed by atoms with E-state index in [1.54, 1.807) is 18.3 Å². The largest absolute Gasteiger partial charge is 0.451 e. The normalized spacial score (nSPS) is 10.4. The fourth-order valence-electron chi connectivity index (χ4n) is 1.22. The lowest BCUT2D eigenvalue weighted by atomic mass is 10.2. The molecule has 0 bridgehead atoms. The smallest absolute Gasteiger partial charge is 0.284 e. The van der Waals surface area contributed by atoms with Gasteiger partial charge in [0.1, 0.15) is 5.76 Å². The molecule has 2 aromatic rings. The van der Waals surface area contributed by atoms with Gasteiger partial charge in [0.05, 0.1) is 11.3 Å². The number of aromatic nitrogens is 2. The number of rotatable bonds is 2. The average molecular weight is 191 g/mol. The molecule has 0 fully saturated rings. The number of nitrogens with zero attached hydrogens (tertiary/aromatic N) is 1. The molecule has 14 heavy (non-hydrogen) atoms. The van der Waals surface area contributed by atoms with Crippen LogP contribution in [0.25, 0.3) is 11.3 Å². The highest BCUT2D eigenvalue weighted by molar-refractivity contribution is 5.90. The van der Waals surface area contributed by atoms with Gasteiger partial charge in [-0.1, -0.05) is 0 Å². The molecule has 0 saturated carbocycles. The lowest BCUT2D eigenvalue weighted by molar-refractivity contribution is 0.0974. The number of hydrogen-bond donors (Lipinski definition) is 2. The highest BCUT2D eigenvalue weighted by Crippen LogP contribution is 2.23. The number of furan rings is 1. The molecular weight excluding hydrogens is 182 g/mol. The first-order valence-electron chi connectivity index (χ1n) is 4.09. The summed E-state index contributed by atoms with van der Waals surface area (Å²) in [6.07, 6.45) is 1.71. The van der Waals surface area contributed by atoms with Crippen molar-refractivity contribution >= 4 is 5.91 Å². The van der Waals surface area contributed by atoms with Crippen LogP contribution < -0.4 is 5.73 Å². The Bertz CT molecular complexity index is 470. The van der Waals surface area contributed by atoms with Crippen molar-refractivity contribution in [2.24, 2.45) is 5.73 Å². The minimum Gasteiger partial charge on any atom is -0.451 e. The van der Waals surface area contributed by atoms with E-state index < -0.39 is 5.91 Å². The summed E-state index contributed by atoms with van der Waals surface area (Å²) in [5, 5.41) is 6.65. The number of amides is 1. The van der Waals surface area contributed by atoms with Gasteiger partial charge >= 0.3 is 0 Å². The predicted octanol–water partition coefficient (Wildman–Crippen LogP) is 1.08. The SMILES string of the molecule is Cc1n[nH]cc1-c1ccc(C(N)=O)o1. The van der Waals surface area contributed by atoms with Crippen LogP contribution in [-0.2, 0) is 0 Å². The number of nitrogens with one attached hydrogen (secondary N) is 1. The third-order valence-corrected chi connectivity index (χ3v) is 1.95. The third kappa shape index (κ3) is 1.28. The molecular formula is C9H9N3O2. The van der Waals surface area contributed by atoms with Crippen molar-refractivity contribution in [2.45, 2.75) is 6.92 Å². The Morgan fingerprint density at radius 1 is 1.57 bits per heavy atom. The van der Waals surface area contributed by atoms with Crippen molar-refractivity contribution in [1.29, 1.82) is 0 Å². The molecule has 0 spiro atoms. The summed E-state index contributed by atoms with van der Waals surface area (Å²) in [5.41, 5.74) is 6.71. The summed E-state index contributed by atoms with van der Waals surface area (Å²) in [6.45, 7) is 1.85. The van der Waals surface area contributed by atoms with Crippen molar-refractivity contribution < 1.29 is 9.21 Å². The second kappa shape index (κ2) is 3.02. The molecule has 0 saturated heterocycles. The van der Waals surface area contributed by atoms with Crippen LogP contribution >= 0.6 is 0 Å². The van der Waals surface area contributed by atoms with Gasteiger partial charge in [-0.2, -0.15) is 5.10 Å². The number of hydrogen-bond acceptors (Lipinski definition) is 3. The predicted molar refractivity (Wildman–Crippen MR) is 49.5 cm³/mol. The Morgan fingerprint density at radius 3 is 2.86 bits per heavy atom. The van der Waals surface area contributed by atoms with Crippen LogP contribution in [0.3, 0.4) is 0 Å². The zero-order valence-corrected chi connectivity index (χ0v) is 7.57. The van der Waals surface area contributed by atoms with E-state index >= 15 is 0 Å². The van der Waals surface area contributed by atoms with E-state index in [4.69, 9.17) is 10.2 Å². The first-order valence-corrected chi connectivity index (χ1v) is 4.09. The third-order valence-electron chi connectivity index (χ3n) is 1.95.